The first-order valence-electron chi connectivity index (χ1n) is 11.3. The summed E-state index contributed by atoms with van der Waals surface area (Å²) >= 11 is 0. The number of H-pyrrole nitrogens is 1. The topological polar surface area (TPSA) is 71.9 Å². The van der Waals surface area contributed by atoms with Crippen LogP contribution in [0.1, 0.15) is 28.4 Å². The number of para-hydroxylation sites is 1. The van der Waals surface area contributed by atoms with E-state index in [1.807, 2.05) is 23.0 Å². The third-order valence-electron chi connectivity index (χ3n) is 6.72. The molecule has 5 aromatic rings. The maximum atomic E-state index is 5.77. The molecule has 0 bridgehead atoms. The fraction of sp³-hybridized carbons (Fsp3) is 0.192. The second-order valence-corrected chi connectivity index (χ2v) is 8.56. The summed E-state index contributed by atoms with van der Waals surface area (Å²) in [6, 6.07) is 17.0. The third kappa shape index (κ3) is 2.92. The average Bonchev–Trinajstić information content (AvgIpc) is 3.62. The van der Waals surface area contributed by atoms with Crippen LogP contribution >= 0.6 is 0 Å². The number of ether oxygens (including phenoxy) is 1. The van der Waals surface area contributed by atoms with Crippen molar-refractivity contribution in [3.63, 3.8) is 0 Å². The molecule has 0 saturated carbocycles. The van der Waals surface area contributed by atoms with E-state index in [1.165, 1.54) is 33.3 Å². The van der Waals surface area contributed by atoms with Crippen molar-refractivity contribution in [1.29, 1.82) is 0 Å². The summed E-state index contributed by atoms with van der Waals surface area (Å²) in [7, 11) is 0. The molecule has 2 aromatic carbocycles. The fourth-order valence-electron chi connectivity index (χ4n) is 5.20. The lowest BCUT2D eigenvalue weighted by Crippen LogP contribution is -2.37. The number of benzene rings is 2. The van der Waals surface area contributed by atoms with Gasteiger partial charge in [-0.2, -0.15) is 4.98 Å². The molecule has 7 rings (SSSR count). The standard InChI is InChI=1S/C26H22N6O/c1-2-4-21-19(3-1)20-8-12-32(26-28-10-7-23(30-26)31-13-11-27-16-31)25(24(20)29-21)18-5-6-22-17(15-18)9-14-33-22/h1-7,10-11,13,15-16,25,29H,8-9,12,14H2. The molecule has 2 aliphatic heterocycles. The summed E-state index contributed by atoms with van der Waals surface area (Å²) in [5.74, 6) is 2.52. The van der Waals surface area contributed by atoms with E-state index < -0.39 is 0 Å². The number of aromatic amines is 1. The van der Waals surface area contributed by atoms with E-state index in [0.29, 0.717) is 5.95 Å². The van der Waals surface area contributed by atoms with Crippen LogP contribution in [-0.4, -0.2) is 37.7 Å². The molecule has 0 fully saturated rings. The van der Waals surface area contributed by atoms with Crippen LogP contribution in [0.4, 0.5) is 5.95 Å². The molecular formula is C26H22N6O. The van der Waals surface area contributed by atoms with Crippen LogP contribution in [0.5, 0.6) is 5.75 Å². The van der Waals surface area contributed by atoms with Crippen LogP contribution in [0.15, 0.2) is 73.4 Å². The number of fused-ring (bicyclic) bond motifs is 4. The summed E-state index contributed by atoms with van der Waals surface area (Å²) < 4.78 is 7.68. The Morgan fingerprint density at radius 2 is 2.00 bits per heavy atom. The molecule has 0 aliphatic carbocycles. The van der Waals surface area contributed by atoms with Crippen LogP contribution in [0.25, 0.3) is 16.7 Å². The first kappa shape index (κ1) is 18.4. The predicted molar refractivity (Wildman–Crippen MR) is 126 cm³/mol. The Labute approximate surface area is 190 Å². The lowest BCUT2D eigenvalue weighted by atomic mass is 9.91. The van der Waals surface area contributed by atoms with Crippen LogP contribution < -0.4 is 9.64 Å². The highest BCUT2D eigenvalue weighted by atomic mass is 16.5. The zero-order chi connectivity index (χ0) is 21.8. The van der Waals surface area contributed by atoms with Crippen molar-refractivity contribution in [2.45, 2.75) is 18.9 Å². The molecule has 0 spiro atoms. The zero-order valence-electron chi connectivity index (χ0n) is 18.0. The number of nitrogens with zero attached hydrogens (tertiary/aromatic N) is 5. The maximum absolute atomic E-state index is 5.77. The molecular weight excluding hydrogens is 412 g/mol. The Bertz CT molecular complexity index is 1470. The second-order valence-electron chi connectivity index (χ2n) is 8.56. The van der Waals surface area contributed by atoms with Gasteiger partial charge in [-0.1, -0.05) is 24.3 Å². The van der Waals surface area contributed by atoms with Gasteiger partial charge in [0.2, 0.25) is 5.95 Å². The second kappa shape index (κ2) is 7.20. The molecule has 2 aliphatic rings. The summed E-state index contributed by atoms with van der Waals surface area (Å²) in [5.41, 5.74) is 6.27. The first-order valence-corrected chi connectivity index (χ1v) is 11.3. The molecule has 1 atom stereocenters. The van der Waals surface area contributed by atoms with E-state index >= 15 is 0 Å². The lowest BCUT2D eigenvalue weighted by Gasteiger charge is -2.36. The van der Waals surface area contributed by atoms with Crippen molar-refractivity contribution in [1.82, 2.24) is 24.5 Å². The van der Waals surface area contributed by atoms with Gasteiger partial charge in [0, 0.05) is 48.2 Å². The number of imidazole rings is 1. The molecule has 1 N–H and O–H groups in total. The fourth-order valence-corrected chi connectivity index (χ4v) is 5.20. The van der Waals surface area contributed by atoms with Gasteiger partial charge in [0.05, 0.1) is 12.6 Å². The minimum atomic E-state index is -0.00918. The first-order chi connectivity index (χ1) is 16.3. The minimum Gasteiger partial charge on any atom is -0.493 e. The third-order valence-corrected chi connectivity index (χ3v) is 6.72. The summed E-state index contributed by atoms with van der Waals surface area (Å²) in [4.78, 5) is 19.8. The molecule has 0 saturated heterocycles. The van der Waals surface area contributed by atoms with E-state index in [2.05, 4.69) is 57.3 Å². The van der Waals surface area contributed by atoms with Gasteiger partial charge in [0.15, 0.2) is 0 Å². The van der Waals surface area contributed by atoms with Crippen molar-refractivity contribution in [3.8, 4) is 11.6 Å². The Balaban J connectivity index is 1.40. The van der Waals surface area contributed by atoms with E-state index in [4.69, 9.17) is 14.7 Å². The molecule has 7 nitrogen and oxygen atoms in total. The molecule has 1 unspecified atom stereocenters. The number of hydrogen-bond donors (Lipinski definition) is 1. The van der Waals surface area contributed by atoms with Crippen molar-refractivity contribution in [3.05, 3.63) is 95.8 Å². The lowest BCUT2D eigenvalue weighted by molar-refractivity contribution is 0.357. The number of nitrogens with one attached hydrogen (secondary N) is 1. The van der Waals surface area contributed by atoms with E-state index in [1.54, 1.807) is 12.5 Å². The highest BCUT2D eigenvalue weighted by molar-refractivity contribution is 5.85. The van der Waals surface area contributed by atoms with Gasteiger partial charge in [-0.3, -0.25) is 4.57 Å². The van der Waals surface area contributed by atoms with Crippen LogP contribution in [-0.2, 0) is 12.8 Å². The van der Waals surface area contributed by atoms with Gasteiger partial charge >= 0.3 is 0 Å². The van der Waals surface area contributed by atoms with Crippen molar-refractivity contribution < 1.29 is 4.74 Å². The Morgan fingerprint density at radius 1 is 1.03 bits per heavy atom. The number of anilines is 1. The van der Waals surface area contributed by atoms with Crippen molar-refractivity contribution >= 4 is 16.9 Å². The highest BCUT2D eigenvalue weighted by Crippen LogP contribution is 2.41. The average molecular weight is 435 g/mol. The number of hydrogen-bond acceptors (Lipinski definition) is 5. The van der Waals surface area contributed by atoms with Crippen molar-refractivity contribution in [2.24, 2.45) is 0 Å². The van der Waals surface area contributed by atoms with Gasteiger partial charge in [-0.15, -0.1) is 0 Å². The quantitative estimate of drug-likeness (QED) is 0.460. The molecule has 0 amide bonds. The normalized spacial score (nSPS) is 17.1. The Morgan fingerprint density at radius 3 is 2.94 bits per heavy atom. The predicted octanol–water partition coefficient (Wildman–Crippen LogP) is 4.23. The molecule has 5 heterocycles. The maximum Gasteiger partial charge on any atom is 0.228 e. The molecule has 7 heteroatoms. The summed E-state index contributed by atoms with van der Waals surface area (Å²) in [5, 5.41) is 1.30. The van der Waals surface area contributed by atoms with Crippen molar-refractivity contribution in [2.75, 3.05) is 18.1 Å². The van der Waals surface area contributed by atoms with Crippen LogP contribution in [0.2, 0.25) is 0 Å². The van der Waals surface area contributed by atoms with E-state index in [9.17, 15) is 0 Å². The summed E-state index contributed by atoms with van der Waals surface area (Å²) in [6.45, 7) is 1.58. The molecule has 3 aromatic heterocycles. The molecule has 0 radical (unpaired) electrons. The van der Waals surface area contributed by atoms with E-state index in [-0.39, 0.29) is 6.04 Å². The van der Waals surface area contributed by atoms with Gasteiger partial charge in [0.25, 0.3) is 0 Å². The van der Waals surface area contributed by atoms with Gasteiger partial charge < -0.3 is 14.6 Å². The molecule has 33 heavy (non-hydrogen) atoms. The monoisotopic (exact) mass is 434 g/mol. The SMILES string of the molecule is c1ccc2c3c([nH]c2c1)C(c1ccc2c(c1)CCO2)N(c1nccc(-n2ccnc2)n1)CC3. The molecule has 162 valence electrons. The Kier molecular flexibility index (Phi) is 4.02. The summed E-state index contributed by atoms with van der Waals surface area (Å²) in [6.07, 6.45) is 9.12. The Hall–Kier alpha value is -4.13. The van der Waals surface area contributed by atoms with Gasteiger partial charge in [-0.05, 0) is 47.4 Å². The van der Waals surface area contributed by atoms with Crippen LogP contribution in [0.3, 0.4) is 0 Å². The van der Waals surface area contributed by atoms with Gasteiger partial charge in [-0.25, -0.2) is 9.97 Å². The smallest absolute Gasteiger partial charge is 0.228 e. The van der Waals surface area contributed by atoms with E-state index in [0.717, 1.165) is 37.6 Å². The number of rotatable bonds is 3. The largest absolute Gasteiger partial charge is 0.493 e. The van der Waals surface area contributed by atoms with Crippen LogP contribution in [0, 0.1) is 0 Å². The zero-order valence-corrected chi connectivity index (χ0v) is 18.0. The minimum absolute atomic E-state index is 0.00918. The number of aromatic nitrogens is 5. The highest BCUT2D eigenvalue weighted by Gasteiger charge is 2.34. The van der Waals surface area contributed by atoms with Gasteiger partial charge in [0.1, 0.15) is 17.9 Å².